The first kappa shape index (κ1) is 17.1. The zero-order chi connectivity index (χ0) is 17.6. The number of carbonyl (C=O) groups is 1. The van der Waals surface area contributed by atoms with E-state index in [0.29, 0.717) is 49.2 Å². The lowest BCUT2D eigenvalue weighted by molar-refractivity contribution is 0.0948. The minimum Gasteiger partial charge on any atom is -0.493 e. The number of carbonyl (C=O) groups excluding carboxylic acids is 1. The van der Waals surface area contributed by atoms with E-state index < -0.39 is 0 Å². The highest BCUT2D eigenvalue weighted by Crippen LogP contribution is 2.40. The fourth-order valence-corrected chi connectivity index (χ4v) is 2.71. The zero-order valence-corrected chi connectivity index (χ0v) is 14.3. The average molecular weight is 343 g/mol. The maximum absolute atomic E-state index is 12.5. The summed E-state index contributed by atoms with van der Waals surface area (Å²) in [5.41, 5.74) is 2.53. The van der Waals surface area contributed by atoms with Gasteiger partial charge in [-0.25, -0.2) is 0 Å². The summed E-state index contributed by atoms with van der Waals surface area (Å²) in [6.07, 6.45) is 0. The molecule has 0 aliphatic carbocycles. The molecule has 0 bridgehead atoms. The molecule has 0 radical (unpaired) electrons. The second-order valence-electron chi connectivity index (χ2n) is 5.59. The monoisotopic (exact) mass is 343 g/mol. The van der Waals surface area contributed by atoms with Gasteiger partial charge in [0.2, 0.25) is 5.75 Å². The molecule has 1 N–H and O–H groups in total. The lowest BCUT2D eigenvalue weighted by Crippen LogP contribution is -2.24. The van der Waals surface area contributed by atoms with Crippen molar-refractivity contribution in [1.29, 1.82) is 0 Å². The van der Waals surface area contributed by atoms with Crippen LogP contribution in [0.25, 0.3) is 0 Å². The summed E-state index contributed by atoms with van der Waals surface area (Å²) < 4.78 is 21.6. The van der Waals surface area contributed by atoms with Crippen LogP contribution in [0.5, 0.6) is 17.2 Å². The molecule has 0 aromatic heterocycles. The summed E-state index contributed by atoms with van der Waals surface area (Å²) in [6, 6.07) is 11.2. The quantitative estimate of drug-likeness (QED) is 0.873. The molecule has 6 heteroatoms. The minimum atomic E-state index is -0.206. The van der Waals surface area contributed by atoms with Crippen molar-refractivity contribution in [2.24, 2.45) is 0 Å². The summed E-state index contributed by atoms with van der Waals surface area (Å²) in [6.45, 7) is 1.83. The van der Waals surface area contributed by atoms with E-state index in [1.165, 1.54) is 7.11 Å². The Morgan fingerprint density at radius 3 is 2.64 bits per heavy atom. The molecule has 1 heterocycles. The lowest BCUT2D eigenvalue weighted by Gasteiger charge is -2.21. The SMILES string of the molecule is COCc1ccccc1CNC(=O)c1cc(OC)c2c(c1)OCCO2. The number of fused-ring (bicyclic) bond motifs is 1. The predicted octanol–water partition coefficient (Wildman–Crippen LogP) is 2.54. The van der Waals surface area contributed by atoms with Crippen molar-refractivity contribution < 1.29 is 23.7 Å². The third kappa shape index (κ3) is 3.85. The van der Waals surface area contributed by atoms with Gasteiger partial charge in [0.25, 0.3) is 5.91 Å². The second kappa shape index (κ2) is 7.90. The van der Waals surface area contributed by atoms with Gasteiger partial charge in [-0.1, -0.05) is 24.3 Å². The van der Waals surface area contributed by atoms with Gasteiger partial charge in [-0.2, -0.15) is 0 Å². The number of rotatable bonds is 6. The molecule has 0 atom stereocenters. The minimum absolute atomic E-state index is 0.206. The maximum atomic E-state index is 12.5. The number of benzene rings is 2. The summed E-state index contributed by atoms with van der Waals surface area (Å²) in [5, 5.41) is 2.93. The third-order valence-corrected chi connectivity index (χ3v) is 3.95. The van der Waals surface area contributed by atoms with Crippen LogP contribution in [0.1, 0.15) is 21.5 Å². The van der Waals surface area contributed by atoms with Crippen LogP contribution >= 0.6 is 0 Å². The van der Waals surface area contributed by atoms with Gasteiger partial charge in [-0.15, -0.1) is 0 Å². The fourth-order valence-electron chi connectivity index (χ4n) is 2.71. The van der Waals surface area contributed by atoms with Crippen molar-refractivity contribution in [3.05, 3.63) is 53.1 Å². The van der Waals surface area contributed by atoms with Gasteiger partial charge in [-0.05, 0) is 23.3 Å². The van der Waals surface area contributed by atoms with E-state index in [-0.39, 0.29) is 5.91 Å². The van der Waals surface area contributed by atoms with Crippen LogP contribution in [0.4, 0.5) is 0 Å². The molecule has 1 aliphatic heterocycles. The van der Waals surface area contributed by atoms with E-state index in [9.17, 15) is 4.79 Å². The maximum Gasteiger partial charge on any atom is 0.251 e. The van der Waals surface area contributed by atoms with Crippen LogP contribution in [0, 0.1) is 0 Å². The van der Waals surface area contributed by atoms with Gasteiger partial charge < -0.3 is 24.3 Å². The number of ether oxygens (including phenoxy) is 4. The summed E-state index contributed by atoms with van der Waals surface area (Å²) in [4.78, 5) is 12.5. The molecular formula is C19H21NO5. The molecule has 1 aliphatic rings. The van der Waals surface area contributed by atoms with Crippen molar-refractivity contribution in [1.82, 2.24) is 5.32 Å². The molecule has 132 valence electrons. The van der Waals surface area contributed by atoms with Crippen molar-refractivity contribution in [3.8, 4) is 17.2 Å². The zero-order valence-electron chi connectivity index (χ0n) is 14.3. The molecule has 1 amide bonds. The molecule has 2 aromatic carbocycles. The van der Waals surface area contributed by atoms with Gasteiger partial charge in [0.15, 0.2) is 11.5 Å². The number of nitrogens with one attached hydrogen (secondary N) is 1. The lowest BCUT2D eigenvalue weighted by atomic mass is 10.1. The largest absolute Gasteiger partial charge is 0.493 e. The first-order valence-electron chi connectivity index (χ1n) is 8.04. The van der Waals surface area contributed by atoms with Gasteiger partial charge in [0.1, 0.15) is 13.2 Å². The number of amides is 1. The van der Waals surface area contributed by atoms with E-state index in [4.69, 9.17) is 18.9 Å². The predicted molar refractivity (Wildman–Crippen MR) is 92.3 cm³/mol. The Morgan fingerprint density at radius 1 is 1.12 bits per heavy atom. The number of hydrogen-bond acceptors (Lipinski definition) is 5. The van der Waals surface area contributed by atoms with E-state index >= 15 is 0 Å². The van der Waals surface area contributed by atoms with Crippen molar-refractivity contribution in [2.45, 2.75) is 13.2 Å². The third-order valence-electron chi connectivity index (χ3n) is 3.95. The smallest absolute Gasteiger partial charge is 0.251 e. The van der Waals surface area contributed by atoms with E-state index in [2.05, 4.69) is 5.32 Å². The van der Waals surface area contributed by atoms with Crippen LogP contribution in [0.2, 0.25) is 0 Å². The Hall–Kier alpha value is -2.73. The Bertz CT molecular complexity index is 742. The second-order valence-corrected chi connectivity index (χ2v) is 5.59. The first-order chi connectivity index (χ1) is 12.2. The molecule has 0 saturated carbocycles. The summed E-state index contributed by atoms with van der Waals surface area (Å²) >= 11 is 0. The molecule has 0 fully saturated rings. The molecule has 3 rings (SSSR count). The topological polar surface area (TPSA) is 66.0 Å². The Morgan fingerprint density at radius 2 is 1.88 bits per heavy atom. The highest BCUT2D eigenvalue weighted by Gasteiger charge is 2.20. The number of hydrogen-bond donors (Lipinski definition) is 1. The first-order valence-corrected chi connectivity index (χ1v) is 8.04. The van der Waals surface area contributed by atoms with Crippen LogP contribution < -0.4 is 19.5 Å². The van der Waals surface area contributed by atoms with Crippen molar-refractivity contribution in [2.75, 3.05) is 27.4 Å². The van der Waals surface area contributed by atoms with Crippen LogP contribution in [0.3, 0.4) is 0 Å². The molecule has 2 aromatic rings. The van der Waals surface area contributed by atoms with Crippen LogP contribution in [0.15, 0.2) is 36.4 Å². The molecule has 6 nitrogen and oxygen atoms in total. The van der Waals surface area contributed by atoms with Gasteiger partial charge in [0, 0.05) is 19.2 Å². The average Bonchev–Trinajstić information content (AvgIpc) is 2.66. The molecule has 25 heavy (non-hydrogen) atoms. The number of methoxy groups -OCH3 is 2. The van der Waals surface area contributed by atoms with E-state index in [1.807, 2.05) is 24.3 Å². The highest BCUT2D eigenvalue weighted by molar-refractivity contribution is 5.95. The van der Waals surface area contributed by atoms with Crippen molar-refractivity contribution >= 4 is 5.91 Å². The molecule has 0 unspecified atom stereocenters. The highest BCUT2D eigenvalue weighted by atomic mass is 16.6. The van der Waals surface area contributed by atoms with Gasteiger partial charge in [0.05, 0.1) is 13.7 Å². The van der Waals surface area contributed by atoms with E-state index in [1.54, 1.807) is 19.2 Å². The Labute approximate surface area is 146 Å². The van der Waals surface area contributed by atoms with Gasteiger partial charge >= 0.3 is 0 Å². The Kier molecular flexibility index (Phi) is 5.40. The van der Waals surface area contributed by atoms with Crippen LogP contribution in [-0.4, -0.2) is 33.3 Å². The Balaban J connectivity index is 1.76. The van der Waals surface area contributed by atoms with Crippen LogP contribution in [-0.2, 0) is 17.9 Å². The fraction of sp³-hybridized carbons (Fsp3) is 0.316. The standard InChI is InChI=1S/C19H21NO5/c1-22-12-14-6-4-3-5-13(14)11-20-19(21)15-9-16(23-2)18-17(10-15)24-7-8-25-18/h3-6,9-10H,7-8,11-12H2,1-2H3,(H,20,21). The molecular weight excluding hydrogens is 322 g/mol. The normalized spacial score (nSPS) is 12.6. The summed E-state index contributed by atoms with van der Waals surface area (Å²) in [5.74, 6) is 1.34. The van der Waals surface area contributed by atoms with Crippen molar-refractivity contribution in [3.63, 3.8) is 0 Å². The van der Waals surface area contributed by atoms with E-state index in [0.717, 1.165) is 11.1 Å². The van der Waals surface area contributed by atoms with Gasteiger partial charge in [-0.3, -0.25) is 4.79 Å². The molecule has 0 spiro atoms. The molecule has 0 saturated heterocycles. The summed E-state index contributed by atoms with van der Waals surface area (Å²) in [7, 11) is 3.19.